The molecule has 1 fully saturated rings. The molecule has 160 valence electrons. The van der Waals surface area contributed by atoms with Crippen molar-refractivity contribution in [1.29, 1.82) is 0 Å². The van der Waals surface area contributed by atoms with Crippen LogP contribution in [0.4, 0.5) is 4.79 Å². The van der Waals surface area contributed by atoms with Crippen molar-refractivity contribution < 1.29 is 14.3 Å². The van der Waals surface area contributed by atoms with Crippen LogP contribution >= 0.6 is 15.9 Å². The molecule has 7 nitrogen and oxygen atoms in total. The highest BCUT2D eigenvalue weighted by molar-refractivity contribution is 9.10. The van der Waals surface area contributed by atoms with Crippen LogP contribution in [0.5, 0.6) is 0 Å². The van der Waals surface area contributed by atoms with Crippen LogP contribution in [0.1, 0.15) is 24.7 Å². The second kappa shape index (κ2) is 9.34. The van der Waals surface area contributed by atoms with E-state index in [0.717, 1.165) is 45.5 Å². The number of amides is 2. The van der Waals surface area contributed by atoms with Gasteiger partial charge in [0.05, 0.1) is 25.0 Å². The van der Waals surface area contributed by atoms with Crippen molar-refractivity contribution in [3.05, 3.63) is 65.0 Å². The first-order chi connectivity index (χ1) is 15.0. The molecule has 1 atom stereocenters. The van der Waals surface area contributed by atoms with Crippen LogP contribution in [0.15, 0.2) is 59.2 Å². The fourth-order valence-corrected chi connectivity index (χ4v) is 4.07. The predicted octanol–water partition coefficient (Wildman–Crippen LogP) is 4.53. The number of rotatable bonds is 5. The molecule has 0 unspecified atom stereocenters. The lowest BCUT2D eigenvalue weighted by atomic mass is 10.0. The first-order valence-electron chi connectivity index (χ1n) is 10.1. The van der Waals surface area contributed by atoms with E-state index < -0.39 is 6.09 Å². The smallest absolute Gasteiger partial charge is 0.407 e. The summed E-state index contributed by atoms with van der Waals surface area (Å²) in [4.78, 5) is 33.5. The number of alkyl carbamates (subject to hydrolysis) is 1. The van der Waals surface area contributed by atoms with Gasteiger partial charge in [-0.15, -0.1) is 0 Å². The standard InChI is InChI=1S/C23H23BrN4O3/c1-31-23(30)26-14-21(29)28-12-2-3-20(28)22-25-13-19(27-22)17-6-4-15(5-7-17)16-8-10-18(24)11-9-16/h4-11,13,20H,2-3,12,14H2,1H3,(H,25,27)(H,26,30)/t20-/m0/s1. The number of halogens is 1. The molecule has 0 bridgehead atoms. The number of nitrogens with zero attached hydrogens (tertiary/aromatic N) is 2. The van der Waals surface area contributed by atoms with Crippen molar-refractivity contribution in [3.8, 4) is 22.4 Å². The van der Waals surface area contributed by atoms with Gasteiger partial charge in [0.25, 0.3) is 0 Å². The van der Waals surface area contributed by atoms with E-state index in [1.807, 2.05) is 12.1 Å². The van der Waals surface area contributed by atoms with Gasteiger partial charge in [0.2, 0.25) is 5.91 Å². The van der Waals surface area contributed by atoms with Gasteiger partial charge in [0.15, 0.2) is 0 Å². The Morgan fingerprint density at radius 3 is 2.45 bits per heavy atom. The zero-order chi connectivity index (χ0) is 21.8. The van der Waals surface area contributed by atoms with E-state index in [0.29, 0.717) is 6.54 Å². The molecule has 2 heterocycles. The molecular weight excluding hydrogens is 460 g/mol. The number of benzene rings is 2. The Hall–Kier alpha value is -3.13. The van der Waals surface area contributed by atoms with E-state index >= 15 is 0 Å². The number of ether oxygens (including phenoxy) is 1. The van der Waals surface area contributed by atoms with Gasteiger partial charge >= 0.3 is 6.09 Å². The van der Waals surface area contributed by atoms with Gasteiger partial charge in [0.1, 0.15) is 12.4 Å². The molecule has 4 rings (SSSR count). The number of carbonyl (C=O) groups is 2. The first kappa shape index (κ1) is 21.1. The molecule has 2 amide bonds. The maximum absolute atomic E-state index is 12.5. The minimum absolute atomic E-state index is 0.0890. The summed E-state index contributed by atoms with van der Waals surface area (Å²) in [5.41, 5.74) is 4.23. The Labute approximate surface area is 189 Å². The monoisotopic (exact) mass is 482 g/mol. The van der Waals surface area contributed by atoms with Crippen LogP contribution < -0.4 is 5.32 Å². The number of hydrogen-bond acceptors (Lipinski definition) is 4. The summed E-state index contributed by atoms with van der Waals surface area (Å²) in [5.74, 6) is 0.612. The molecule has 0 aliphatic carbocycles. The van der Waals surface area contributed by atoms with E-state index in [2.05, 4.69) is 72.3 Å². The Morgan fingerprint density at radius 2 is 1.77 bits per heavy atom. The summed E-state index contributed by atoms with van der Waals surface area (Å²) < 4.78 is 5.58. The van der Waals surface area contributed by atoms with Crippen molar-refractivity contribution in [2.45, 2.75) is 18.9 Å². The number of likely N-dealkylation sites (tertiary alicyclic amines) is 1. The third-order valence-corrected chi connectivity index (χ3v) is 5.96. The summed E-state index contributed by atoms with van der Waals surface area (Å²) in [6.45, 7) is 0.554. The van der Waals surface area contributed by atoms with Crippen LogP contribution in [0.2, 0.25) is 0 Å². The minimum Gasteiger partial charge on any atom is -0.453 e. The molecule has 8 heteroatoms. The van der Waals surface area contributed by atoms with Crippen molar-refractivity contribution in [3.63, 3.8) is 0 Å². The second-order valence-corrected chi connectivity index (χ2v) is 8.27. The van der Waals surface area contributed by atoms with Gasteiger partial charge in [-0.3, -0.25) is 4.79 Å². The third-order valence-electron chi connectivity index (χ3n) is 5.43. The summed E-state index contributed by atoms with van der Waals surface area (Å²) in [5, 5.41) is 2.45. The molecule has 1 saturated heterocycles. The molecule has 31 heavy (non-hydrogen) atoms. The average Bonchev–Trinajstić information content (AvgIpc) is 3.47. The van der Waals surface area contributed by atoms with E-state index in [1.165, 1.54) is 7.11 Å². The molecule has 0 spiro atoms. The Bertz CT molecular complexity index is 1060. The van der Waals surface area contributed by atoms with Crippen molar-refractivity contribution >= 4 is 27.9 Å². The highest BCUT2D eigenvalue weighted by atomic mass is 79.9. The Kier molecular flexibility index (Phi) is 6.36. The Balaban J connectivity index is 1.46. The van der Waals surface area contributed by atoms with E-state index in [9.17, 15) is 9.59 Å². The van der Waals surface area contributed by atoms with E-state index in [1.54, 1.807) is 11.1 Å². The number of nitrogens with one attached hydrogen (secondary N) is 2. The van der Waals surface area contributed by atoms with Crippen molar-refractivity contribution in [1.82, 2.24) is 20.2 Å². The quantitative estimate of drug-likeness (QED) is 0.559. The number of aromatic nitrogens is 2. The molecule has 1 aliphatic rings. The maximum atomic E-state index is 12.5. The van der Waals surface area contributed by atoms with Gasteiger partial charge in [-0.2, -0.15) is 0 Å². The lowest BCUT2D eigenvalue weighted by Gasteiger charge is -2.23. The molecule has 0 radical (unpaired) electrons. The van der Waals surface area contributed by atoms with Crippen LogP contribution in [-0.4, -0.2) is 47.1 Å². The van der Waals surface area contributed by atoms with Crippen molar-refractivity contribution in [2.75, 3.05) is 20.2 Å². The summed E-state index contributed by atoms with van der Waals surface area (Å²) >= 11 is 3.46. The van der Waals surface area contributed by atoms with Crippen LogP contribution in [0.3, 0.4) is 0 Å². The number of hydrogen-bond donors (Lipinski definition) is 2. The SMILES string of the molecule is COC(=O)NCC(=O)N1CCC[C@H]1c1ncc(-c2ccc(-c3ccc(Br)cc3)cc2)[nH]1. The minimum atomic E-state index is -0.615. The normalized spacial score (nSPS) is 15.7. The number of carbonyl (C=O) groups excluding carboxylic acids is 2. The topological polar surface area (TPSA) is 87.3 Å². The molecule has 0 saturated carbocycles. The molecular formula is C23H23BrN4O3. The van der Waals surface area contributed by atoms with Gasteiger partial charge < -0.3 is 19.9 Å². The largest absolute Gasteiger partial charge is 0.453 e. The fraction of sp³-hybridized carbons (Fsp3) is 0.261. The molecule has 1 aliphatic heterocycles. The predicted molar refractivity (Wildman–Crippen MR) is 121 cm³/mol. The van der Waals surface area contributed by atoms with Gasteiger partial charge in [0, 0.05) is 11.0 Å². The van der Waals surface area contributed by atoms with Crippen LogP contribution in [0.25, 0.3) is 22.4 Å². The van der Waals surface area contributed by atoms with Crippen molar-refractivity contribution in [2.24, 2.45) is 0 Å². The maximum Gasteiger partial charge on any atom is 0.407 e. The second-order valence-electron chi connectivity index (χ2n) is 7.36. The number of aromatic amines is 1. The molecule has 2 aromatic carbocycles. The van der Waals surface area contributed by atoms with Gasteiger partial charge in [-0.25, -0.2) is 9.78 Å². The lowest BCUT2D eigenvalue weighted by molar-refractivity contribution is -0.131. The zero-order valence-corrected chi connectivity index (χ0v) is 18.7. The average molecular weight is 483 g/mol. The first-order valence-corrected chi connectivity index (χ1v) is 10.9. The zero-order valence-electron chi connectivity index (χ0n) is 17.1. The number of H-pyrrole nitrogens is 1. The summed E-state index contributed by atoms with van der Waals surface area (Å²) in [7, 11) is 1.27. The van der Waals surface area contributed by atoms with Crippen LogP contribution in [-0.2, 0) is 9.53 Å². The third kappa shape index (κ3) is 4.80. The highest BCUT2D eigenvalue weighted by Gasteiger charge is 2.32. The molecule has 2 N–H and O–H groups in total. The van der Waals surface area contributed by atoms with Gasteiger partial charge in [-0.05, 0) is 41.7 Å². The number of methoxy groups -OCH3 is 1. The fourth-order valence-electron chi connectivity index (χ4n) is 3.81. The van der Waals surface area contributed by atoms with E-state index in [-0.39, 0.29) is 18.5 Å². The Morgan fingerprint density at radius 1 is 1.13 bits per heavy atom. The summed E-state index contributed by atoms with van der Waals surface area (Å²) in [6.07, 6.45) is 2.92. The summed E-state index contributed by atoms with van der Waals surface area (Å²) in [6, 6.07) is 16.4. The van der Waals surface area contributed by atoms with E-state index in [4.69, 9.17) is 0 Å². The highest BCUT2D eigenvalue weighted by Crippen LogP contribution is 2.32. The van der Waals surface area contributed by atoms with Crippen LogP contribution in [0, 0.1) is 0 Å². The van der Waals surface area contributed by atoms with Gasteiger partial charge in [-0.1, -0.05) is 52.3 Å². The molecule has 3 aromatic rings. The lowest BCUT2D eigenvalue weighted by Crippen LogP contribution is -2.40. The molecule has 1 aromatic heterocycles. The number of imidazole rings is 1.